The molecule has 0 radical (unpaired) electrons. The van der Waals surface area contributed by atoms with Crippen LogP contribution in [0.4, 0.5) is 5.82 Å². The van der Waals surface area contributed by atoms with Gasteiger partial charge in [0.15, 0.2) is 17.3 Å². The highest BCUT2D eigenvalue weighted by Gasteiger charge is 2.23. The number of hydrogen-bond acceptors (Lipinski definition) is 5. The molecular weight excluding hydrogens is 342 g/mol. The third-order valence-electron chi connectivity index (χ3n) is 3.62. The topological polar surface area (TPSA) is 73.1 Å². The Kier molecular flexibility index (Phi) is 4.67. The molecule has 128 valence electrons. The van der Waals surface area contributed by atoms with E-state index < -0.39 is 0 Å². The molecule has 0 atom stereocenters. The van der Waals surface area contributed by atoms with Crippen LogP contribution in [0.2, 0.25) is 5.02 Å². The highest BCUT2D eigenvalue weighted by molar-refractivity contribution is 6.30. The molecule has 25 heavy (non-hydrogen) atoms. The predicted octanol–water partition coefficient (Wildman–Crippen LogP) is 2.91. The fraction of sp³-hybridized carbons (Fsp3) is 0.176. The molecule has 0 unspecified atom stereocenters. The first-order valence-corrected chi connectivity index (χ1v) is 7.86. The van der Waals surface area contributed by atoms with Crippen LogP contribution >= 0.6 is 11.6 Å². The maximum Gasteiger partial charge on any atom is 0.281 e. The van der Waals surface area contributed by atoms with Gasteiger partial charge < -0.3 is 4.74 Å². The number of ether oxygens (including phenoxy) is 1. The standard InChI is InChI=1S/C17H16ClN5O2/c1-11-15(21-23(20-11)13-7-4-6-12(18)10-13)17(24)22(2)16-14(25-3)8-5-9-19-16/h4-10H,1-3H3. The van der Waals surface area contributed by atoms with Gasteiger partial charge in [0.1, 0.15) is 0 Å². The maximum atomic E-state index is 12.8. The molecule has 0 bridgehead atoms. The van der Waals surface area contributed by atoms with Gasteiger partial charge in [-0.1, -0.05) is 17.7 Å². The van der Waals surface area contributed by atoms with Gasteiger partial charge in [-0.15, -0.1) is 5.10 Å². The first-order valence-electron chi connectivity index (χ1n) is 7.48. The van der Waals surface area contributed by atoms with Crippen LogP contribution in [0.3, 0.4) is 0 Å². The lowest BCUT2D eigenvalue weighted by Gasteiger charge is -2.17. The molecule has 1 amide bonds. The van der Waals surface area contributed by atoms with Gasteiger partial charge in [-0.25, -0.2) is 4.98 Å². The number of nitrogens with zero attached hydrogens (tertiary/aromatic N) is 5. The summed E-state index contributed by atoms with van der Waals surface area (Å²) in [6.07, 6.45) is 1.59. The second kappa shape index (κ2) is 6.90. The van der Waals surface area contributed by atoms with E-state index in [1.807, 2.05) is 6.07 Å². The predicted molar refractivity (Wildman–Crippen MR) is 94.6 cm³/mol. The number of pyridine rings is 1. The van der Waals surface area contributed by atoms with Crippen LogP contribution in [0.5, 0.6) is 5.75 Å². The van der Waals surface area contributed by atoms with Crippen molar-refractivity contribution in [1.82, 2.24) is 20.0 Å². The zero-order valence-electron chi connectivity index (χ0n) is 14.0. The maximum absolute atomic E-state index is 12.8. The Morgan fingerprint density at radius 3 is 2.76 bits per heavy atom. The van der Waals surface area contributed by atoms with E-state index >= 15 is 0 Å². The fourth-order valence-corrected chi connectivity index (χ4v) is 2.53. The van der Waals surface area contributed by atoms with Crippen LogP contribution in [0, 0.1) is 6.92 Å². The summed E-state index contributed by atoms with van der Waals surface area (Å²) in [4.78, 5) is 19.8. The van der Waals surface area contributed by atoms with Gasteiger partial charge in [0.05, 0.1) is 18.5 Å². The minimum Gasteiger partial charge on any atom is -0.493 e. The number of carbonyl (C=O) groups excluding carboxylic acids is 1. The summed E-state index contributed by atoms with van der Waals surface area (Å²) in [5.74, 6) is 0.577. The van der Waals surface area contributed by atoms with Crippen LogP contribution in [0.25, 0.3) is 5.69 Å². The molecule has 3 rings (SSSR count). The van der Waals surface area contributed by atoms with E-state index in [1.54, 1.807) is 50.5 Å². The minimum absolute atomic E-state index is 0.232. The number of hydrogen-bond donors (Lipinski definition) is 0. The molecule has 8 heteroatoms. The van der Waals surface area contributed by atoms with Crippen LogP contribution in [0.1, 0.15) is 16.2 Å². The smallest absolute Gasteiger partial charge is 0.281 e. The van der Waals surface area contributed by atoms with Gasteiger partial charge in [-0.05, 0) is 37.3 Å². The van der Waals surface area contributed by atoms with E-state index in [1.165, 1.54) is 16.8 Å². The molecule has 0 spiro atoms. The quantitative estimate of drug-likeness (QED) is 0.717. The Morgan fingerprint density at radius 1 is 1.24 bits per heavy atom. The van der Waals surface area contributed by atoms with Crippen LogP contribution in [-0.4, -0.2) is 40.0 Å². The molecule has 0 aliphatic rings. The fourth-order valence-electron chi connectivity index (χ4n) is 2.34. The summed E-state index contributed by atoms with van der Waals surface area (Å²) in [5, 5.41) is 9.19. The molecule has 0 saturated carbocycles. The van der Waals surface area contributed by atoms with E-state index in [-0.39, 0.29) is 11.6 Å². The minimum atomic E-state index is -0.331. The largest absolute Gasteiger partial charge is 0.493 e. The van der Waals surface area contributed by atoms with Crippen LogP contribution < -0.4 is 9.64 Å². The first kappa shape index (κ1) is 16.9. The number of rotatable bonds is 4. The van der Waals surface area contributed by atoms with Crippen LogP contribution in [0.15, 0.2) is 42.6 Å². The van der Waals surface area contributed by atoms with Gasteiger partial charge in [-0.2, -0.15) is 9.90 Å². The zero-order valence-corrected chi connectivity index (χ0v) is 14.7. The number of anilines is 1. The Hall–Kier alpha value is -2.93. The number of benzene rings is 1. The van der Waals surface area contributed by atoms with Crippen molar-refractivity contribution in [2.45, 2.75) is 6.92 Å². The van der Waals surface area contributed by atoms with E-state index in [9.17, 15) is 4.79 Å². The number of methoxy groups -OCH3 is 1. The SMILES string of the molecule is COc1cccnc1N(C)C(=O)c1nn(-c2cccc(Cl)c2)nc1C. The second-order valence-corrected chi connectivity index (χ2v) is 5.73. The number of carbonyl (C=O) groups is 1. The summed E-state index contributed by atoms with van der Waals surface area (Å²) in [7, 11) is 3.14. The average Bonchev–Trinajstić information content (AvgIpc) is 3.02. The summed E-state index contributed by atoms with van der Waals surface area (Å²) in [6.45, 7) is 1.73. The lowest BCUT2D eigenvalue weighted by molar-refractivity contribution is 0.0986. The van der Waals surface area contributed by atoms with Crippen molar-refractivity contribution in [1.29, 1.82) is 0 Å². The zero-order chi connectivity index (χ0) is 18.0. The normalized spacial score (nSPS) is 10.6. The Morgan fingerprint density at radius 2 is 2.04 bits per heavy atom. The molecule has 0 N–H and O–H groups in total. The Balaban J connectivity index is 1.95. The molecule has 0 aliphatic carbocycles. The summed E-state index contributed by atoms with van der Waals surface area (Å²) in [6, 6.07) is 10.6. The highest BCUT2D eigenvalue weighted by Crippen LogP contribution is 2.25. The lowest BCUT2D eigenvalue weighted by Crippen LogP contribution is -2.28. The van der Waals surface area contributed by atoms with E-state index in [2.05, 4.69) is 15.2 Å². The molecular formula is C17H16ClN5O2. The van der Waals surface area contributed by atoms with Crippen molar-refractivity contribution in [2.24, 2.45) is 0 Å². The van der Waals surface area contributed by atoms with Crippen LogP contribution in [-0.2, 0) is 0 Å². The summed E-state index contributed by atoms with van der Waals surface area (Å²) >= 11 is 6.00. The molecule has 0 saturated heterocycles. The lowest BCUT2D eigenvalue weighted by atomic mass is 10.3. The number of halogens is 1. The number of amides is 1. The average molecular weight is 358 g/mol. The van der Waals surface area contributed by atoms with Crippen molar-refractivity contribution in [3.05, 3.63) is 59.0 Å². The molecule has 0 aliphatic heterocycles. The van der Waals surface area contributed by atoms with E-state index in [4.69, 9.17) is 16.3 Å². The van der Waals surface area contributed by atoms with Crippen molar-refractivity contribution in [2.75, 3.05) is 19.1 Å². The molecule has 2 aromatic heterocycles. The van der Waals surface area contributed by atoms with Crippen molar-refractivity contribution < 1.29 is 9.53 Å². The highest BCUT2D eigenvalue weighted by atomic mass is 35.5. The van der Waals surface area contributed by atoms with E-state index in [0.29, 0.717) is 28.0 Å². The monoisotopic (exact) mass is 357 g/mol. The second-order valence-electron chi connectivity index (χ2n) is 5.30. The summed E-state index contributed by atoms with van der Waals surface area (Å²) in [5.41, 5.74) is 1.41. The third kappa shape index (κ3) is 3.32. The van der Waals surface area contributed by atoms with Gasteiger partial charge in [0.2, 0.25) is 0 Å². The van der Waals surface area contributed by atoms with Gasteiger partial charge >= 0.3 is 0 Å². The van der Waals surface area contributed by atoms with Gasteiger partial charge in [-0.3, -0.25) is 9.69 Å². The molecule has 3 aromatic rings. The Bertz CT molecular complexity index is 925. The molecule has 7 nitrogen and oxygen atoms in total. The first-order chi connectivity index (χ1) is 12.0. The number of aryl methyl sites for hydroxylation is 1. The van der Waals surface area contributed by atoms with Gasteiger partial charge in [0, 0.05) is 18.3 Å². The molecule has 1 aromatic carbocycles. The molecule has 0 fully saturated rings. The summed E-state index contributed by atoms with van der Waals surface area (Å²) < 4.78 is 5.26. The molecule has 2 heterocycles. The third-order valence-corrected chi connectivity index (χ3v) is 3.85. The van der Waals surface area contributed by atoms with E-state index in [0.717, 1.165) is 0 Å². The Labute approximate surface area is 149 Å². The van der Waals surface area contributed by atoms with Crippen molar-refractivity contribution >= 4 is 23.3 Å². The van der Waals surface area contributed by atoms with Crippen molar-refractivity contribution in [3.8, 4) is 11.4 Å². The number of aromatic nitrogens is 4. The van der Waals surface area contributed by atoms with Crippen molar-refractivity contribution in [3.63, 3.8) is 0 Å². The van der Waals surface area contributed by atoms with Gasteiger partial charge in [0.25, 0.3) is 5.91 Å².